The summed E-state index contributed by atoms with van der Waals surface area (Å²) in [6, 6.07) is 4.46. The van der Waals surface area contributed by atoms with Crippen molar-refractivity contribution in [2.45, 2.75) is 77.8 Å². The van der Waals surface area contributed by atoms with Gasteiger partial charge in [-0.3, -0.25) is 24.4 Å². The number of hydrogen-bond donors (Lipinski definition) is 3. The second-order valence-electron chi connectivity index (χ2n) is 11.7. The van der Waals surface area contributed by atoms with E-state index in [0.717, 1.165) is 25.7 Å². The van der Waals surface area contributed by atoms with Crippen LogP contribution in [0.2, 0.25) is 0 Å². The fourth-order valence-corrected chi connectivity index (χ4v) is 5.39. The average Bonchev–Trinajstić information content (AvgIpc) is 3.39. The first-order valence-electron chi connectivity index (χ1n) is 13.5. The van der Waals surface area contributed by atoms with Gasteiger partial charge in [0.05, 0.1) is 12.5 Å². The van der Waals surface area contributed by atoms with Crippen molar-refractivity contribution < 1.29 is 28.8 Å². The molecule has 1 aliphatic heterocycles. The first-order chi connectivity index (χ1) is 18.0. The minimum absolute atomic E-state index is 0.115. The Morgan fingerprint density at radius 3 is 2.26 bits per heavy atom. The van der Waals surface area contributed by atoms with E-state index >= 15 is 0 Å². The summed E-state index contributed by atoms with van der Waals surface area (Å²) in [4.78, 5) is 52.2. The molecule has 3 rings (SSSR count). The summed E-state index contributed by atoms with van der Waals surface area (Å²) in [5.74, 6) is -1.47. The van der Waals surface area contributed by atoms with E-state index in [9.17, 15) is 28.8 Å². The van der Waals surface area contributed by atoms with E-state index in [-0.39, 0.29) is 30.3 Å². The van der Waals surface area contributed by atoms with Crippen LogP contribution in [0.4, 0.5) is 4.39 Å². The van der Waals surface area contributed by atoms with Gasteiger partial charge in [-0.05, 0) is 54.9 Å². The summed E-state index contributed by atoms with van der Waals surface area (Å²) < 4.78 is 13.1. The zero-order valence-electron chi connectivity index (χ0n) is 22.6. The summed E-state index contributed by atoms with van der Waals surface area (Å²) >= 11 is 0. The first-order valence-corrected chi connectivity index (χ1v) is 13.5. The topological polar surface area (TPSA) is 119 Å². The van der Waals surface area contributed by atoms with Crippen LogP contribution < -0.4 is 10.6 Å². The minimum atomic E-state index is -0.783. The van der Waals surface area contributed by atoms with Crippen molar-refractivity contribution in [3.05, 3.63) is 35.6 Å². The van der Waals surface area contributed by atoms with Crippen LogP contribution in [-0.2, 0) is 14.4 Å². The number of likely N-dealkylation sites (tertiary alicyclic amines) is 1. The van der Waals surface area contributed by atoms with Crippen molar-refractivity contribution >= 4 is 24.1 Å². The zero-order valence-corrected chi connectivity index (χ0v) is 22.6. The average molecular weight is 533 g/mol. The summed E-state index contributed by atoms with van der Waals surface area (Å²) in [7, 11) is 0. The third kappa shape index (κ3) is 8.24. The van der Waals surface area contributed by atoms with Crippen LogP contribution >= 0.6 is 0 Å². The van der Waals surface area contributed by atoms with Crippen molar-refractivity contribution in [3.63, 3.8) is 0 Å². The van der Waals surface area contributed by atoms with Crippen LogP contribution in [0.1, 0.15) is 76.1 Å². The molecule has 1 aromatic carbocycles. The molecule has 1 aromatic rings. The molecule has 2 aliphatic rings. The molecule has 0 aromatic heterocycles. The van der Waals surface area contributed by atoms with Gasteiger partial charge in [-0.1, -0.05) is 46.5 Å². The van der Waals surface area contributed by atoms with Crippen LogP contribution in [0.5, 0.6) is 0 Å². The largest absolute Gasteiger partial charge is 0.349 e. The molecule has 2 fully saturated rings. The summed E-state index contributed by atoms with van der Waals surface area (Å²) in [5, 5.41) is 16.2. The SMILES string of the molecule is CC(C)(C)[C@H](NC(=O)[C@H](CC1CCCC1)CN(O)C=O)C(=O)N1CCC(NC(=O)c2ccc(F)cc2)CC1. The predicted molar refractivity (Wildman–Crippen MR) is 139 cm³/mol. The molecule has 0 radical (unpaired) electrons. The Morgan fingerprint density at radius 2 is 1.71 bits per heavy atom. The number of carbonyl (C=O) groups is 4. The quantitative estimate of drug-likeness (QED) is 0.243. The molecular formula is C28H41FN4O5. The number of benzene rings is 1. The third-order valence-corrected chi connectivity index (χ3v) is 7.64. The second kappa shape index (κ2) is 13.2. The Labute approximate surface area is 224 Å². The van der Waals surface area contributed by atoms with Crippen LogP contribution in [-0.4, -0.2) is 71.0 Å². The van der Waals surface area contributed by atoms with Gasteiger partial charge in [-0.15, -0.1) is 0 Å². The van der Waals surface area contributed by atoms with Crippen LogP contribution in [0.25, 0.3) is 0 Å². The maximum Gasteiger partial charge on any atom is 0.251 e. The van der Waals surface area contributed by atoms with Gasteiger partial charge in [0.15, 0.2) is 0 Å². The van der Waals surface area contributed by atoms with Gasteiger partial charge in [-0.2, -0.15) is 0 Å². The number of piperidine rings is 1. The fraction of sp³-hybridized carbons (Fsp3) is 0.643. The molecule has 210 valence electrons. The van der Waals surface area contributed by atoms with Gasteiger partial charge >= 0.3 is 0 Å². The lowest BCUT2D eigenvalue weighted by atomic mass is 9.84. The monoisotopic (exact) mass is 532 g/mol. The second-order valence-corrected chi connectivity index (χ2v) is 11.7. The van der Waals surface area contributed by atoms with E-state index in [4.69, 9.17) is 0 Å². The first kappa shape index (κ1) is 29.5. The Morgan fingerprint density at radius 1 is 1.11 bits per heavy atom. The number of amides is 4. The molecule has 0 spiro atoms. The van der Waals surface area contributed by atoms with Crippen molar-refractivity contribution in [3.8, 4) is 0 Å². The molecule has 9 nitrogen and oxygen atoms in total. The molecule has 1 saturated carbocycles. The van der Waals surface area contributed by atoms with Gasteiger partial charge < -0.3 is 15.5 Å². The van der Waals surface area contributed by atoms with E-state index < -0.39 is 23.2 Å². The molecule has 3 N–H and O–H groups in total. The lowest BCUT2D eigenvalue weighted by Gasteiger charge is -2.39. The zero-order chi connectivity index (χ0) is 27.9. The maximum absolute atomic E-state index is 13.6. The summed E-state index contributed by atoms with van der Waals surface area (Å²) in [5.41, 5.74) is -0.189. The van der Waals surface area contributed by atoms with Crippen LogP contribution in [0.15, 0.2) is 24.3 Å². The highest BCUT2D eigenvalue weighted by Gasteiger charge is 2.39. The van der Waals surface area contributed by atoms with Crippen LogP contribution in [0, 0.1) is 23.1 Å². The standard InChI is InChI=1S/C28H41FN4O5/c1-28(2,3)24(31-26(36)21(17-33(38)18-34)16-19-6-4-5-7-19)27(37)32-14-12-23(13-15-32)30-25(35)20-8-10-22(29)11-9-20/h8-11,18-19,21,23-24,38H,4-7,12-17H2,1-3H3,(H,30,35)(H,31,36)/t21-,24-/m1/s1. The van der Waals surface area contributed by atoms with Crippen molar-refractivity contribution in [1.29, 1.82) is 0 Å². The molecule has 4 amide bonds. The van der Waals surface area contributed by atoms with Crippen LogP contribution in [0.3, 0.4) is 0 Å². The van der Waals surface area contributed by atoms with Gasteiger partial charge in [0.2, 0.25) is 18.2 Å². The molecule has 1 heterocycles. The molecule has 2 atom stereocenters. The Balaban J connectivity index is 1.60. The number of hydroxylamine groups is 2. The molecule has 0 unspecified atom stereocenters. The van der Waals surface area contributed by atoms with E-state index in [1.807, 2.05) is 20.8 Å². The predicted octanol–water partition coefficient (Wildman–Crippen LogP) is 3.12. The number of nitrogens with one attached hydrogen (secondary N) is 2. The number of carbonyl (C=O) groups excluding carboxylic acids is 4. The Kier molecular flexibility index (Phi) is 10.2. The molecule has 10 heteroatoms. The molecule has 1 aliphatic carbocycles. The van der Waals surface area contributed by atoms with Gasteiger partial charge in [0, 0.05) is 24.7 Å². The van der Waals surface area contributed by atoms with E-state index in [1.165, 1.54) is 24.3 Å². The van der Waals surface area contributed by atoms with Gasteiger partial charge in [0.25, 0.3) is 5.91 Å². The van der Waals surface area contributed by atoms with E-state index in [2.05, 4.69) is 10.6 Å². The van der Waals surface area contributed by atoms with Crippen molar-refractivity contribution in [2.24, 2.45) is 17.3 Å². The molecule has 38 heavy (non-hydrogen) atoms. The highest BCUT2D eigenvalue weighted by Crippen LogP contribution is 2.31. The Bertz CT molecular complexity index is 966. The van der Waals surface area contributed by atoms with Gasteiger partial charge in [-0.25, -0.2) is 9.45 Å². The maximum atomic E-state index is 13.6. The Hall–Kier alpha value is -3.01. The smallest absolute Gasteiger partial charge is 0.251 e. The molecule has 1 saturated heterocycles. The highest BCUT2D eigenvalue weighted by molar-refractivity contribution is 5.94. The van der Waals surface area contributed by atoms with E-state index in [0.29, 0.717) is 55.3 Å². The fourth-order valence-electron chi connectivity index (χ4n) is 5.39. The summed E-state index contributed by atoms with van der Waals surface area (Å²) in [6.07, 6.45) is 6.23. The number of hydrogen-bond acceptors (Lipinski definition) is 5. The van der Waals surface area contributed by atoms with Crippen molar-refractivity contribution in [2.75, 3.05) is 19.6 Å². The van der Waals surface area contributed by atoms with E-state index in [1.54, 1.807) is 4.90 Å². The summed E-state index contributed by atoms with van der Waals surface area (Å²) in [6.45, 7) is 6.41. The number of nitrogens with zero attached hydrogens (tertiary/aromatic N) is 2. The lowest BCUT2D eigenvalue weighted by Crippen LogP contribution is -2.58. The minimum Gasteiger partial charge on any atom is -0.349 e. The molecule has 0 bridgehead atoms. The normalized spacial score (nSPS) is 18.5. The highest BCUT2D eigenvalue weighted by atomic mass is 19.1. The number of halogens is 1. The lowest BCUT2D eigenvalue weighted by molar-refractivity contribution is -0.156. The molecular weight excluding hydrogens is 491 g/mol. The number of rotatable bonds is 10. The third-order valence-electron chi connectivity index (χ3n) is 7.64. The van der Waals surface area contributed by atoms with Gasteiger partial charge in [0.1, 0.15) is 11.9 Å². The van der Waals surface area contributed by atoms with Crippen molar-refractivity contribution in [1.82, 2.24) is 20.6 Å².